The SMILES string of the molecule is CC(C)C1CCC2(C)C(C)C3C(O)OCC2C13. The first-order chi connectivity index (χ1) is 7.97. The predicted octanol–water partition coefficient (Wildman–Crippen LogP) is 2.91. The first kappa shape index (κ1) is 12.0. The molecule has 7 unspecified atom stereocenters. The van der Waals surface area contributed by atoms with Gasteiger partial charge in [-0.25, -0.2) is 0 Å². The molecule has 7 atom stereocenters. The third-order valence-corrected chi connectivity index (χ3v) is 6.52. The average Bonchev–Trinajstić information content (AvgIpc) is 2.35. The fourth-order valence-electron chi connectivity index (χ4n) is 5.32. The second-order valence-corrected chi connectivity index (χ2v) is 7.23. The van der Waals surface area contributed by atoms with Gasteiger partial charge in [0.1, 0.15) is 0 Å². The largest absolute Gasteiger partial charge is 0.368 e. The Hall–Kier alpha value is -0.0800. The molecular weight excluding hydrogens is 212 g/mol. The zero-order chi connectivity index (χ0) is 12.4. The van der Waals surface area contributed by atoms with E-state index < -0.39 is 6.29 Å². The summed E-state index contributed by atoms with van der Waals surface area (Å²) in [6.45, 7) is 10.3. The minimum absolute atomic E-state index is 0.383. The topological polar surface area (TPSA) is 29.5 Å². The molecule has 3 fully saturated rings. The van der Waals surface area contributed by atoms with E-state index in [0.717, 1.165) is 18.4 Å². The molecule has 2 saturated carbocycles. The van der Waals surface area contributed by atoms with E-state index in [1.165, 1.54) is 12.8 Å². The summed E-state index contributed by atoms with van der Waals surface area (Å²) in [4.78, 5) is 0. The Bertz CT molecular complexity index is 314. The molecule has 0 aromatic carbocycles. The lowest BCUT2D eigenvalue weighted by Crippen LogP contribution is -2.46. The Labute approximate surface area is 105 Å². The molecule has 0 spiro atoms. The Kier molecular flexibility index (Phi) is 2.61. The number of hydrogen-bond donors (Lipinski definition) is 1. The summed E-state index contributed by atoms with van der Waals surface area (Å²) in [5, 5.41) is 10.2. The second kappa shape index (κ2) is 3.71. The van der Waals surface area contributed by atoms with E-state index in [0.29, 0.717) is 29.1 Å². The summed E-state index contributed by atoms with van der Waals surface area (Å²) < 4.78 is 5.62. The lowest BCUT2D eigenvalue weighted by molar-refractivity contribution is -0.198. The van der Waals surface area contributed by atoms with E-state index >= 15 is 0 Å². The van der Waals surface area contributed by atoms with E-state index in [1.807, 2.05) is 0 Å². The second-order valence-electron chi connectivity index (χ2n) is 7.23. The highest BCUT2D eigenvalue weighted by Gasteiger charge is 2.64. The van der Waals surface area contributed by atoms with Crippen molar-refractivity contribution >= 4 is 0 Å². The molecule has 2 aliphatic carbocycles. The highest BCUT2D eigenvalue weighted by Crippen LogP contribution is 2.66. The zero-order valence-electron chi connectivity index (χ0n) is 11.5. The van der Waals surface area contributed by atoms with Gasteiger partial charge in [0.15, 0.2) is 6.29 Å². The third-order valence-electron chi connectivity index (χ3n) is 6.52. The van der Waals surface area contributed by atoms with Gasteiger partial charge in [0.2, 0.25) is 0 Å². The van der Waals surface area contributed by atoms with Crippen LogP contribution in [0.3, 0.4) is 0 Å². The minimum atomic E-state index is -0.507. The first-order valence-corrected chi connectivity index (χ1v) is 7.26. The molecule has 1 saturated heterocycles. The normalized spacial score (nSPS) is 57.5. The Morgan fingerprint density at radius 1 is 1.29 bits per heavy atom. The van der Waals surface area contributed by atoms with Gasteiger partial charge in [0.25, 0.3) is 0 Å². The Morgan fingerprint density at radius 3 is 2.65 bits per heavy atom. The number of rotatable bonds is 1. The van der Waals surface area contributed by atoms with Crippen LogP contribution in [0.5, 0.6) is 0 Å². The van der Waals surface area contributed by atoms with Gasteiger partial charge in [0.05, 0.1) is 6.61 Å². The molecule has 1 N–H and O–H groups in total. The summed E-state index contributed by atoms with van der Waals surface area (Å²) in [7, 11) is 0. The first-order valence-electron chi connectivity index (χ1n) is 7.26. The van der Waals surface area contributed by atoms with Gasteiger partial charge in [-0.05, 0) is 47.8 Å². The van der Waals surface area contributed by atoms with Crippen LogP contribution in [0, 0.1) is 40.9 Å². The van der Waals surface area contributed by atoms with Crippen LogP contribution in [-0.4, -0.2) is 18.0 Å². The van der Waals surface area contributed by atoms with Crippen LogP contribution in [0.25, 0.3) is 0 Å². The summed E-state index contributed by atoms with van der Waals surface area (Å²) in [6.07, 6.45) is 2.17. The molecular formula is C15H26O2. The smallest absolute Gasteiger partial charge is 0.157 e. The van der Waals surface area contributed by atoms with E-state index in [-0.39, 0.29) is 0 Å². The summed E-state index contributed by atoms with van der Waals surface area (Å²) in [6, 6.07) is 0. The van der Waals surface area contributed by atoms with Crippen LogP contribution in [0.15, 0.2) is 0 Å². The van der Waals surface area contributed by atoms with Crippen LogP contribution in [0.1, 0.15) is 40.5 Å². The van der Waals surface area contributed by atoms with E-state index in [2.05, 4.69) is 27.7 Å². The van der Waals surface area contributed by atoms with Crippen molar-refractivity contribution in [3.63, 3.8) is 0 Å². The van der Waals surface area contributed by atoms with Crippen LogP contribution < -0.4 is 0 Å². The summed E-state index contributed by atoms with van der Waals surface area (Å²) in [5.41, 5.74) is 0.415. The number of ether oxygens (including phenoxy) is 1. The fraction of sp³-hybridized carbons (Fsp3) is 1.00. The van der Waals surface area contributed by atoms with Gasteiger partial charge in [-0.15, -0.1) is 0 Å². The lowest BCUT2D eigenvalue weighted by atomic mass is 9.60. The third kappa shape index (κ3) is 1.40. The zero-order valence-corrected chi connectivity index (χ0v) is 11.5. The maximum Gasteiger partial charge on any atom is 0.157 e. The van der Waals surface area contributed by atoms with Gasteiger partial charge in [-0.1, -0.05) is 27.7 Å². The molecule has 4 bridgehead atoms. The van der Waals surface area contributed by atoms with E-state index in [4.69, 9.17) is 4.74 Å². The minimum Gasteiger partial charge on any atom is -0.368 e. The summed E-state index contributed by atoms with van der Waals surface area (Å²) in [5.74, 6) is 3.92. The van der Waals surface area contributed by atoms with E-state index in [9.17, 15) is 5.11 Å². The molecule has 1 heterocycles. The lowest BCUT2D eigenvalue weighted by Gasteiger charge is -2.47. The molecule has 3 rings (SSSR count). The molecule has 3 aliphatic rings. The van der Waals surface area contributed by atoms with Crippen LogP contribution >= 0.6 is 0 Å². The van der Waals surface area contributed by atoms with Gasteiger partial charge in [-0.3, -0.25) is 0 Å². The van der Waals surface area contributed by atoms with Crippen molar-refractivity contribution in [2.75, 3.05) is 6.61 Å². The van der Waals surface area contributed by atoms with E-state index in [1.54, 1.807) is 0 Å². The van der Waals surface area contributed by atoms with Crippen LogP contribution in [-0.2, 0) is 4.74 Å². The van der Waals surface area contributed by atoms with Crippen molar-refractivity contribution in [1.82, 2.24) is 0 Å². The highest BCUT2D eigenvalue weighted by molar-refractivity contribution is 5.10. The average molecular weight is 238 g/mol. The van der Waals surface area contributed by atoms with Gasteiger partial charge < -0.3 is 9.84 Å². The molecule has 0 aromatic heterocycles. The molecule has 0 amide bonds. The fourth-order valence-corrected chi connectivity index (χ4v) is 5.32. The summed E-state index contributed by atoms with van der Waals surface area (Å²) >= 11 is 0. The molecule has 98 valence electrons. The van der Waals surface area contributed by atoms with Crippen molar-refractivity contribution in [3.8, 4) is 0 Å². The molecule has 2 nitrogen and oxygen atoms in total. The van der Waals surface area contributed by atoms with Gasteiger partial charge in [0, 0.05) is 5.92 Å². The van der Waals surface area contributed by atoms with Crippen molar-refractivity contribution in [2.24, 2.45) is 40.9 Å². The highest BCUT2D eigenvalue weighted by atomic mass is 16.6. The molecule has 0 aromatic rings. The van der Waals surface area contributed by atoms with Crippen molar-refractivity contribution in [3.05, 3.63) is 0 Å². The number of aliphatic hydroxyl groups excluding tert-OH is 1. The quantitative estimate of drug-likeness (QED) is 0.761. The molecule has 0 radical (unpaired) electrons. The van der Waals surface area contributed by atoms with Crippen LogP contribution in [0.2, 0.25) is 0 Å². The van der Waals surface area contributed by atoms with Crippen molar-refractivity contribution in [2.45, 2.75) is 46.8 Å². The maximum atomic E-state index is 10.2. The Balaban J connectivity index is 2.00. The number of aliphatic hydroxyl groups is 1. The molecule has 17 heavy (non-hydrogen) atoms. The van der Waals surface area contributed by atoms with Crippen molar-refractivity contribution < 1.29 is 9.84 Å². The monoisotopic (exact) mass is 238 g/mol. The Morgan fingerprint density at radius 2 is 2.00 bits per heavy atom. The standard InChI is InChI=1S/C15H26O2/c1-8(2)10-5-6-15(4)9(3)12-13(10)11(15)7-17-14(12)16/h8-14,16H,5-7H2,1-4H3. The number of hydrogen-bond acceptors (Lipinski definition) is 2. The maximum absolute atomic E-state index is 10.2. The van der Waals surface area contributed by atoms with Crippen LogP contribution in [0.4, 0.5) is 0 Å². The van der Waals surface area contributed by atoms with Crippen molar-refractivity contribution in [1.29, 1.82) is 0 Å². The molecule has 2 heteroatoms. The molecule has 1 aliphatic heterocycles. The van der Waals surface area contributed by atoms with Gasteiger partial charge in [-0.2, -0.15) is 0 Å². The predicted molar refractivity (Wildman–Crippen MR) is 67.3 cm³/mol. The van der Waals surface area contributed by atoms with Gasteiger partial charge >= 0.3 is 0 Å².